The number of carbonyl (C=O) groups excluding carboxylic acids is 1. The molecule has 0 aliphatic carbocycles. The summed E-state index contributed by atoms with van der Waals surface area (Å²) in [5, 5.41) is 0. The van der Waals surface area contributed by atoms with E-state index in [1.807, 2.05) is 13.0 Å². The molecule has 0 aliphatic rings. The Morgan fingerprint density at radius 3 is 1.96 bits per heavy atom. The van der Waals surface area contributed by atoms with Crippen molar-refractivity contribution in [1.82, 2.24) is 0 Å². The van der Waals surface area contributed by atoms with Crippen molar-refractivity contribution in [1.29, 1.82) is 0 Å². The van der Waals surface area contributed by atoms with Crippen molar-refractivity contribution >= 4 is 46.5 Å². The van der Waals surface area contributed by atoms with Gasteiger partial charge in [0.25, 0.3) is 8.32 Å². The largest absolute Gasteiger partial charge is 0.542 e. The van der Waals surface area contributed by atoms with Crippen LogP contribution >= 0.6 is 31.9 Å². The average Bonchev–Trinajstić information content (AvgIpc) is 2.44. The number of carbonyl (C=O) groups is 1. The number of hydrogen-bond donors (Lipinski definition) is 0. The minimum atomic E-state index is -2.05. The molecule has 2 nitrogen and oxygen atoms in total. The van der Waals surface area contributed by atoms with Crippen LogP contribution in [-0.2, 0) is 11.2 Å². The second-order valence-electron chi connectivity index (χ2n) is 7.06. The number of halogens is 2. The van der Waals surface area contributed by atoms with Gasteiger partial charge in [-0.1, -0.05) is 73.4 Å². The molecule has 23 heavy (non-hydrogen) atoms. The molecule has 0 amide bonds. The van der Waals surface area contributed by atoms with E-state index in [2.05, 4.69) is 73.4 Å². The predicted molar refractivity (Wildman–Crippen MR) is 108 cm³/mol. The lowest BCUT2D eigenvalue weighted by Gasteiger charge is -2.42. The molecule has 0 aliphatic heterocycles. The van der Waals surface area contributed by atoms with E-state index in [1.54, 1.807) is 0 Å². The summed E-state index contributed by atoms with van der Waals surface area (Å²) < 4.78 is 8.78. The molecule has 0 radical (unpaired) electrons. The van der Waals surface area contributed by atoms with Crippen molar-refractivity contribution in [3.8, 4) is 5.75 Å². The van der Waals surface area contributed by atoms with Gasteiger partial charge in [-0.15, -0.1) is 0 Å². The van der Waals surface area contributed by atoms with Crippen LogP contribution < -0.4 is 4.43 Å². The highest BCUT2D eigenvalue weighted by atomic mass is 79.9. The van der Waals surface area contributed by atoms with Gasteiger partial charge in [0.1, 0.15) is 12.0 Å². The molecule has 0 unspecified atom stereocenters. The maximum atomic E-state index is 11.2. The summed E-state index contributed by atoms with van der Waals surface area (Å²) in [6.07, 6.45) is 1.31. The van der Waals surface area contributed by atoms with Crippen LogP contribution in [0.15, 0.2) is 15.0 Å². The lowest BCUT2D eigenvalue weighted by molar-refractivity contribution is -0.107. The normalized spacial score (nSPS) is 12.3. The van der Waals surface area contributed by atoms with Crippen LogP contribution in [0.1, 0.15) is 52.7 Å². The number of benzene rings is 1. The molecule has 5 heteroatoms. The van der Waals surface area contributed by atoms with E-state index in [9.17, 15) is 4.79 Å². The first-order chi connectivity index (χ1) is 10.6. The second kappa shape index (κ2) is 8.30. The summed E-state index contributed by atoms with van der Waals surface area (Å²) in [7, 11) is -2.05. The fraction of sp³-hybridized carbons (Fsp3) is 0.611. The predicted octanol–water partition coefficient (Wildman–Crippen LogP) is 6.82. The third-order valence-corrected chi connectivity index (χ3v) is 12.7. The van der Waals surface area contributed by atoms with Gasteiger partial charge in [0.05, 0.1) is 0 Å². The van der Waals surface area contributed by atoms with Gasteiger partial charge >= 0.3 is 0 Å². The van der Waals surface area contributed by atoms with Gasteiger partial charge in [-0.3, -0.25) is 0 Å². The zero-order valence-electron chi connectivity index (χ0n) is 15.2. The third kappa shape index (κ3) is 4.10. The molecule has 0 spiro atoms. The van der Waals surface area contributed by atoms with Crippen LogP contribution in [0.5, 0.6) is 5.75 Å². The lowest BCUT2D eigenvalue weighted by atomic mass is 10.1. The van der Waals surface area contributed by atoms with Crippen molar-refractivity contribution < 1.29 is 9.22 Å². The van der Waals surface area contributed by atoms with Gasteiger partial charge in [-0.2, -0.15) is 0 Å². The van der Waals surface area contributed by atoms with Crippen molar-refractivity contribution in [3.05, 3.63) is 26.1 Å². The van der Waals surface area contributed by atoms with Crippen LogP contribution in [-0.4, -0.2) is 14.6 Å². The highest BCUT2D eigenvalue weighted by Gasteiger charge is 2.47. The molecule has 1 aromatic rings. The van der Waals surface area contributed by atoms with Crippen LogP contribution in [0.2, 0.25) is 16.6 Å². The van der Waals surface area contributed by atoms with Crippen LogP contribution in [0, 0.1) is 6.92 Å². The fourth-order valence-electron chi connectivity index (χ4n) is 3.66. The summed E-state index contributed by atoms with van der Waals surface area (Å²) in [6.45, 7) is 15.6. The molecule has 0 saturated heterocycles. The Bertz CT molecular complexity index is 547. The van der Waals surface area contributed by atoms with E-state index < -0.39 is 8.32 Å². The molecular formula is C18H28Br2O2Si. The van der Waals surface area contributed by atoms with Crippen molar-refractivity contribution in [2.45, 2.75) is 71.5 Å². The summed E-state index contributed by atoms with van der Waals surface area (Å²) in [6, 6.07) is 2.04. The first-order valence-corrected chi connectivity index (χ1v) is 11.9. The molecule has 1 rings (SSSR count). The molecule has 130 valence electrons. The van der Waals surface area contributed by atoms with E-state index in [0.717, 1.165) is 32.1 Å². The molecule has 0 saturated carbocycles. The summed E-state index contributed by atoms with van der Waals surface area (Å²) in [5.74, 6) is 0.851. The highest BCUT2D eigenvalue weighted by molar-refractivity contribution is 9.11. The monoisotopic (exact) mass is 462 g/mol. The lowest BCUT2D eigenvalue weighted by Crippen LogP contribution is -2.50. The number of rotatable bonds is 7. The minimum absolute atomic E-state index is 0.364. The summed E-state index contributed by atoms with van der Waals surface area (Å²) >= 11 is 7.27. The average molecular weight is 464 g/mol. The quantitative estimate of drug-likeness (QED) is 0.327. The van der Waals surface area contributed by atoms with Gasteiger partial charge in [0, 0.05) is 20.9 Å². The van der Waals surface area contributed by atoms with Crippen molar-refractivity contribution in [2.24, 2.45) is 0 Å². The number of hydrogen-bond acceptors (Lipinski definition) is 2. The molecule has 0 aromatic heterocycles. The van der Waals surface area contributed by atoms with Crippen molar-refractivity contribution in [3.63, 3.8) is 0 Å². The molecule has 0 bridgehead atoms. The molecular weight excluding hydrogens is 436 g/mol. The SMILES string of the molecule is Cc1c(Br)cc(O[Si](C(C)C)(C(C)C)C(C)C)c(CC=O)c1Br. The standard InChI is InChI=1S/C18H28Br2O2Si/c1-11(2)23(12(3)4,13(5)6)22-17-10-16(19)14(7)18(20)15(17)8-9-21/h9-13H,8H2,1-7H3. The van der Waals surface area contributed by atoms with E-state index >= 15 is 0 Å². The van der Waals surface area contributed by atoms with Crippen LogP contribution in [0.3, 0.4) is 0 Å². The highest BCUT2D eigenvalue weighted by Crippen LogP contribution is 2.45. The topological polar surface area (TPSA) is 26.3 Å². The molecule has 0 atom stereocenters. The summed E-state index contributed by atoms with van der Waals surface area (Å²) in [4.78, 5) is 11.2. The molecule has 0 N–H and O–H groups in total. The maximum Gasteiger partial charge on any atom is 0.258 e. The summed E-state index contributed by atoms with van der Waals surface area (Å²) in [5.41, 5.74) is 3.53. The first kappa shape index (κ1) is 20.9. The van der Waals surface area contributed by atoms with Gasteiger partial charge in [-0.05, 0) is 35.2 Å². The minimum Gasteiger partial charge on any atom is -0.542 e. The first-order valence-electron chi connectivity index (χ1n) is 8.19. The van der Waals surface area contributed by atoms with E-state index in [0.29, 0.717) is 23.0 Å². The van der Waals surface area contributed by atoms with E-state index in [-0.39, 0.29) is 0 Å². The Labute approximate surface area is 158 Å². The van der Waals surface area contributed by atoms with Crippen molar-refractivity contribution in [2.75, 3.05) is 0 Å². The Morgan fingerprint density at radius 2 is 1.57 bits per heavy atom. The zero-order chi connectivity index (χ0) is 17.9. The van der Waals surface area contributed by atoms with Gasteiger partial charge < -0.3 is 9.22 Å². The van der Waals surface area contributed by atoms with E-state index in [1.165, 1.54) is 0 Å². The fourth-order valence-corrected chi connectivity index (χ4v) is 10.2. The van der Waals surface area contributed by atoms with Crippen LogP contribution in [0.4, 0.5) is 0 Å². The molecule has 1 aromatic carbocycles. The smallest absolute Gasteiger partial charge is 0.258 e. The maximum absolute atomic E-state index is 11.2. The Balaban J connectivity index is 3.53. The van der Waals surface area contributed by atoms with Gasteiger partial charge in [0.2, 0.25) is 0 Å². The molecule has 0 fully saturated rings. The van der Waals surface area contributed by atoms with Crippen LogP contribution in [0.25, 0.3) is 0 Å². The third-order valence-electron chi connectivity index (χ3n) is 4.79. The zero-order valence-corrected chi connectivity index (χ0v) is 19.3. The number of aldehydes is 1. The second-order valence-corrected chi connectivity index (χ2v) is 14.1. The Kier molecular flexibility index (Phi) is 7.55. The van der Waals surface area contributed by atoms with E-state index in [4.69, 9.17) is 4.43 Å². The Morgan fingerprint density at radius 1 is 1.09 bits per heavy atom. The Hall–Kier alpha value is -0.133. The molecule has 0 heterocycles. The van der Waals surface area contributed by atoms with Gasteiger partial charge in [-0.25, -0.2) is 0 Å². The van der Waals surface area contributed by atoms with Gasteiger partial charge in [0.15, 0.2) is 0 Å².